The number of esters is 1. The molecule has 0 saturated heterocycles. The summed E-state index contributed by atoms with van der Waals surface area (Å²) in [4.78, 5) is 41.3. The van der Waals surface area contributed by atoms with Crippen LogP contribution in [-0.4, -0.2) is 56.7 Å². The van der Waals surface area contributed by atoms with Crippen molar-refractivity contribution in [3.63, 3.8) is 0 Å². The third-order valence-corrected chi connectivity index (χ3v) is 6.35. The van der Waals surface area contributed by atoms with Crippen LogP contribution in [-0.2, 0) is 16.1 Å². The number of amides is 1. The predicted octanol–water partition coefficient (Wildman–Crippen LogP) is 2.85. The van der Waals surface area contributed by atoms with Crippen molar-refractivity contribution in [3.05, 3.63) is 69.1 Å². The fourth-order valence-corrected chi connectivity index (χ4v) is 4.42. The fraction of sp³-hybridized carbons (Fsp3) is 0.321. The molecule has 1 aliphatic heterocycles. The Bertz CT molecular complexity index is 1440. The largest absolute Gasteiger partial charge is 0.506 e. The quantitative estimate of drug-likeness (QED) is 0.301. The van der Waals surface area contributed by atoms with Gasteiger partial charge in [0.1, 0.15) is 11.3 Å². The minimum Gasteiger partial charge on any atom is -0.506 e. The second-order valence-corrected chi connectivity index (χ2v) is 8.69. The van der Waals surface area contributed by atoms with Crippen molar-refractivity contribution < 1.29 is 43.1 Å². The lowest BCUT2D eigenvalue weighted by Crippen LogP contribution is -2.28. The summed E-state index contributed by atoms with van der Waals surface area (Å²) in [6.07, 6.45) is 0.803. The summed E-state index contributed by atoms with van der Waals surface area (Å²) >= 11 is 0. The van der Waals surface area contributed by atoms with E-state index in [1.165, 1.54) is 21.3 Å². The molecule has 212 valence electrons. The number of benzene rings is 2. The van der Waals surface area contributed by atoms with Crippen LogP contribution in [0, 0.1) is 0 Å². The average Bonchev–Trinajstić information content (AvgIpc) is 3.43. The Hall–Kier alpha value is -4.87. The molecule has 0 saturated carbocycles. The highest BCUT2D eigenvalue weighted by Crippen LogP contribution is 2.43. The number of aromatic nitrogens is 1. The van der Waals surface area contributed by atoms with E-state index in [9.17, 15) is 19.5 Å². The SMILES string of the molecule is CCOC(=O)c1c[nH]c(=O)c([C@H](CC(=O)NCc2ccc3c(c2)OCO3)c2cc(OC)c(OC)c(OC)c2)c1O. The summed E-state index contributed by atoms with van der Waals surface area (Å²) in [6.45, 7) is 1.98. The summed E-state index contributed by atoms with van der Waals surface area (Å²) < 4.78 is 32.0. The van der Waals surface area contributed by atoms with Crippen LogP contribution >= 0.6 is 0 Å². The third kappa shape index (κ3) is 5.75. The number of fused-ring (bicyclic) bond motifs is 1. The highest BCUT2D eigenvalue weighted by molar-refractivity contribution is 5.92. The van der Waals surface area contributed by atoms with Gasteiger partial charge in [-0.25, -0.2) is 4.79 Å². The van der Waals surface area contributed by atoms with Gasteiger partial charge in [-0.2, -0.15) is 0 Å². The molecule has 3 N–H and O–H groups in total. The van der Waals surface area contributed by atoms with Crippen molar-refractivity contribution in [2.45, 2.75) is 25.8 Å². The standard InChI is InChI=1S/C28H30N2O10/c1-5-38-28(34)18-13-30-27(33)24(25(18)32)17(16-9-21(35-2)26(37-4)22(10-16)36-3)11-23(31)29-12-15-6-7-19-20(8-15)40-14-39-19/h6-10,13,17H,5,11-12,14H2,1-4H3,(H,29,31)(H2,30,32,33)/t17-/m1/s1. The lowest BCUT2D eigenvalue weighted by Gasteiger charge is -2.22. The second-order valence-electron chi connectivity index (χ2n) is 8.69. The highest BCUT2D eigenvalue weighted by Gasteiger charge is 2.30. The summed E-state index contributed by atoms with van der Waals surface area (Å²) in [5.74, 6) is -0.820. The van der Waals surface area contributed by atoms with Crippen LogP contribution in [0.25, 0.3) is 0 Å². The Kier molecular flexibility index (Phi) is 8.67. The molecule has 0 spiro atoms. The van der Waals surface area contributed by atoms with E-state index in [1.54, 1.807) is 37.3 Å². The normalized spacial score (nSPS) is 12.4. The number of ether oxygens (including phenoxy) is 6. The van der Waals surface area contributed by atoms with Gasteiger partial charge in [-0.1, -0.05) is 6.07 Å². The van der Waals surface area contributed by atoms with Crippen molar-refractivity contribution in [1.82, 2.24) is 10.3 Å². The molecule has 0 radical (unpaired) electrons. The molecule has 1 amide bonds. The van der Waals surface area contributed by atoms with Crippen molar-refractivity contribution in [1.29, 1.82) is 0 Å². The molecule has 0 unspecified atom stereocenters. The molecule has 2 heterocycles. The monoisotopic (exact) mass is 554 g/mol. The molecule has 12 nitrogen and oxygen atoms in total. The molecule has 4 rings (SSSR count). The molecule has 1 atom stereocenters. The minimum absolute atomic E-state index is 0.0608. The fourth-order valence-electron chi connectivity index (χ4n) is 4.42. The molecular formula is C28H30N2O10. The number of H-pyrrole nitrogens is 1. The van der Waals surface area contributed by atoms with Crippen LogP contribution in [0.15, 0.2) is 41.3 Å². The van der Waals surface area contributed by atoms with Gasteiger partial charge < -0.3 is 43.8 Å². The van der Waals surface area contributed by atoms with Crippen LogP contribution < -0.4 is 34.6 Å². The third-order valence-electron chi connectivity index (χ3n) is 6.35. The van der Waals surface area contributed by atoms with Gasteiger partial charge in [0.15, 0.2) is 23.0 Å². The van der Waals surface area contributed by atoms with Crippen LogP contribution in [0.1, 0.15) is 46.3 Å². The maximum Gasteiger partial charge on any atom is 0.343 e. The highest BCUT2D eigenvalue weighted by atomic mass is 16.7. The molecule has 0 aliphatic carbocycles. The Balaban J connectivity index is 1.73. The molecule has 40 heavy (non-hydrogen) atoms. The van der Waals surface area contributed by atoms with E-state index in [0.717, 1.165) is 11.8 Å². The number of nitrogens with one attached hydrogen (secondary N) is 2. The maximum atomic E-state index is 13.2. The molecule has 0 fully saturated rings. The maximum absolute atomic E-state index is 13.2. The van der Waals surface area contributed by atoms with Gasteiger partial charge in [0, 0.05) is 25.1 Å². The van der Waals surface area contributed by atoms with E-state index >= 15 is 0 Å². The van der Waals surface area contributed by atoms with Gasteiger partial charge in [-0.05, 0) is 42.3 Å². The van der Waals surface area contributed by atoms with Crippen LogP contribution in [0.4, 0.5) is 0 Å². The zero-order valence-corrected chi connectivity index (χ0v) is 22.5. The first-order chi connectivity index (χ1) is 19.3. The van der Waals surface area contributed by atoms with E-state index in [0.29, 0.717) is 22.8 Å². The minimum atomic E-state index is -1.02. The molecule has 12 heteroatoms. The lowest BCUT2D eigenvalue weighted by molar-refractivity contribution is -0.121. The topological polar surface area (TPSA) is 155 Å². The number of rotatable bonds is 11. The van der Waals surface area contributed by atoms with Gasteiger partial charge in [0.2, 0.25) is 18.4 Å². The second kappa shape index (κ2) is 12.3. The van der Waals surface area contributed by atoms with Crippen molar-refractivity contribution in [2.75, 3.05) is 34.7 Å². The molecule has 1 aliphatic rings. The first-order valence-electron chi connectivity index (χ1n) is 12.4. The smallest absolute Gasteiger partial charge is 0.343 e. The first-order valence-corrected chi connectivity index (χ1v) is 12.4. The van der Waals surface area contributed by atoms with Gasteiger partial charge >= 0.3 is 5.97 Å². The van der Waals surface area contributed by atoms with Crippen LogP contribution in [0.3, 0.4) is 0 Å². The number of hydrogen-bond donors (Lipinski definition) is 3. The van der Waals surface area contributed by atoms with Crippen molar-refractivity contribution in [2.24, 2.45) is 0 Å². The Morgan fingerprint density at radius 2 is 1.75 bits per heavy atom. The summed E-state index contributed by atoms with van der Waals surface area (Å²) in [5.41, 5.74) is 0.0436. The zero-order chi connectivity index (χ0) is 28.8. The first kappa shape index (κ1) is 28.1. The van der Waals surface area contributed by atoms with E-state index in [1.807, 2.05) is 0 Å². The molecule has 2 aromatic carbocycles. The van der Waals surface area contributed by atoms with E-state index < -0.39 is 29.1 Å². The number of aromatic amines is 1. The summed E-state index contributed by atoms with van der Waals surface area (Å²) in [6, 6.07) is 8.46. The number of pyridine rings is 1. The van der Waals surface area contributed by atoms with E-state index in [2.05, 4.69) is 10.3 Å². The molecule has 3 aromatic rings. The number of methoxy groups -OCH3 is 3. The predicted molar refractivity (Wildman–Crippen MR) is 142 cm³/mol. The number of carbonyl (C=O) groups is 2. The number of aromatic hydroxyl groups is 1. The van der Waals surface area contributed by atoms with Crippen LogP contribution in [0.5, 0.6) is 34.5 Å². The van der Waals surface area contributed by atoms with Gasteiger partial charge in [-0.3, -0.25) is 9.59 Å². The summed E-state index contributed by atoms with van der Waals surface area (Å²) in [5, 5.41) is 13.9. The zero-order valence-electron chi connectivity index (χ0n) is 22.5. The van der Waals surface area contributed by atoms with Gasteiger partial charge in [-0.15, -0.1) is 0 Å². The number of hydrogen-bond acceptors (Lipinski definition) is 10. The molecule has 1 aromatic heterocycles. The Morgan fingerprint density at radius 3 is 2.40 bits per heavy atom. The Morgan fingerprint density at radius 1 is 1.05 bits per heavy atom. The average molecular weight is 555 g/mol. The van der Waals surface area contributed by atoms with Crippen molar-refractivity contribution >= 4 is 11.9 Å². The summed E-state index contributed by atoms with van der Waals surface area (Å²) in [7, 11) is 4.31. The molecule has 0 bridgehead atoms. The van der Waals surface area contributed by atoms with Crippen LogP contribution in [0.2, 0.25) is 0 Å². The van der Waals surface area contributed by atoms with E-state index in [-0.39, 0.29) is 49.0 Å². The lowest BCUT2D eigenvalue weighted by atomic mass is 9.87. The Labute approximate surface area is 229 Å². The molecular weight excluding hydrogens is 524 g/mol. The van der Waals surface area contributed by atoms with Crippen molar-refractivity contribution in [3.8, 4) is 34.5 Å². The van der Waals surface area contributed by atoms with Gasteiger partial charge in [0.05, 0.1) is 33.5 Å². The number of carbonyl (C=O) groups excluding carboxylic acids is 2. The van der Waals surface area contributed by atoms with Gasteiger partial charge in [0.25, 0.3) is 5.56 Å². The van der Waals surface area contributed by atoms with E-state index in [4.69, 9.17) is 28.4 Å².